The molecule has 6 heteroatoms. The largest absolute Gasteiger partial charge is 0.311 e. The summed E-state index contributed by atoms with van der Waals surface area (Å²) in [5.74, 6) is -0.119. The number of sulfonamides is 1. The molecule has 5 nitrogen and oxygen atoms in total. The average molecular weight is 409 g/mol. The summed E-state index contributed by atoms with van der Waals surface area (Å²) in [4.78, 5) is 14.6. The summed E-state index contributed by atoms with van der Waals surface area (Å²) in [6, 6.07) is 24.9. The van der Waals surface area contributed by atoms with Gasteiger partial charge < -0.3 is 4.90 Å². The quantitative estimate of drug-likeness (QED) is 0.589. The van der Waals surface area contributed by atoms with Gasteiger partial charge in [0, 0.05) is 31.4 Å². The summed E-state index contributed by atoms with van der Waals surface area (Å²) >= 11 is 0. The predicted molar refractivity (Wildman–Crippen MR) is 115 cm³/mol. The molecule has 29 heavy (non-hydrogen) atoms. The van der Waals surface area contributed by atoms with Crippen LogP contribution in [0.5, 0.6) is 0 Å². The van der Waals surface area contributed by atoms with Gasteiger partial charge in [0.2, 0.25) is 10.0 Å². The van der Waals surface area contributed by atoms with Crippen molar-refractivity contribution in [1.29, 1.82) is 0 Å². The smallest absolute Gasteiger partial charge is 0.258 e. The summed E-state index contributed by atoms with van der Waals surface area (Å²) in [5.41, 5.74) is 2.19. The van der Waals surface area contributed by atoms with Crippen LogP contribution in [0.1, 0.15) is 22.8 Å². The lowest BCUT2D eigenvalue weighted by Gasteiger charge is -2.21. The van der Waals surface area contributed by atoms with Crippen LogP contribution < -0.4 is 4.90 Å². The van der Waals surface area contributed by atoms with Crippen molar-refractivity contribution >= 4 is 21.6 Å². The second kappa shape index (κ2) is 9.03. The lowest BCUT2D eigenvalue weighted by molar-refractivity contribution is 0.0993. The Kier molecular flexibility index (Phi) is 6.46. The molecule has 150 valence electrons. The van der Waals surface area contributed by atoms with E-state index in [9.17, 15) is 13.2 Å². The average Bonchev–Trinajstić information content (AvgIpc) is 2.78. The molecule has 1 amide bonds. The van der Waals surface area contributed by atoms with Crippen molar-refractivity contribution in [1.82, 2.24) is 4.31 Å². The molecular weight excluding hydrogens is 384 g/mol. The molecule has 0 aliphatic rings. The third-order valence-electron chi connectivity index (χ3n) is 4.74. The monoisotopic (exact) mass is 408 g/mol. The lowest BCUT2D eigenvalue weighted by Crippen LogP contribution is -2.30. The molecule has 3 rings (SSSR count). The van der Waals surface area contributed by atoms with E-state index < -0.39 is 10.0 Å². The number of hydrogen-bond donors (Lipinski definition) is 0. The molecule has 0 N–H and O–H groups in total. The van der Waals surface area contributed by atoms with Gasteiger partial charge in [-0.25, -0.2) is 8.42 Å². The van der Waals surface area contributed by atoms with Crippen LogP contribution in [0.3, 0.4) is 0 Å². The fourth-order valence-corrected chi connectivity index (χ4v) is 4.49. The van der Waals surface area contributed by atoms with Gasteiger partial charge in [-0.3, -0.25) is 4.79 Å². The topological polar surface area (TPSA) is 57.7 Å². The van der Waals surface area contributed by atoms with Crippen molar-refractivity contribution in [2.24, 2.45) is 0 Å². The number of hydrogen-bond acceptors (Lipinski definition) is 3. The van der Waals surface area contributed by atoms with Crippen molar-refractivity contribution in [3.63, 3.8) is 0 Å². The van der Waals surface area contributed by atoms with E-state index in [1.54, 1.807) is 66.5 Å². The predicted octanol–water partition coefficient (Wildman–Crippen LogP) is 4.17. The van der Waals surface area contributed by atoms with Gasteiger partial charge in [-0.1, -0.05) is 55.5 Å². The van der Waals surface area contributed by atoms with Crippen LogP contribution in [0.15, 0.2) is 89.8 Å². The van der Waals surface area contributed by atoms with E-state index in [0.29, 0.717) is 12.1 Å². The third-order valence-corrected chi connectivity index (χ3v) is 6.68. The lowest BCUT2D eigenvalue weighted by atomic mass is 10.1. The number of rotatable bonds is 7. The van der Waals surface area contributed by atoms with Crippen molar-refractivity contribution in [3.8, 4) is 0 Å². The summed E-state index contributed by atoms with van der Waals surface area (Å²) in [7, 11) is -1.83. The Morgan fingerprint density at radius 1 is 0.828 bits per heavy atom. The highest BCUT2D eigenvalue weighted by molar-refractivity contribution is 7.89. The maximum Gasteiger partial charge on any atom is 0.258 e. The maximum absolute atomic E-state index is 12.9. The first-order valence-electron chi connectivity index (χ1n) is 9.40. The second-order valence-electron chi connectivity index (χ2n) is 6.64. The van der Waals surface area contributed by atoms with E-state index in [0.717, 1.165) is 11.3 Å². The van der Waals surface area contributed by atoms with Crippen LogP contribution in [0.4, 0.5) is 5.69 Å². The standard InChI is InChI=1S/C23H24N2O3S/c1-3-25(29(27,28)22-12-8-5-9-13-22)18-19-14-16-20(17-15-19)23(26)24(2)21-10-6-4-7-11-21/h4-17H,3,18H2,1-2H3. The van der Waals surface area contributed by atoms with E-state index in [1.807, 2.05) is 37.3 Å². The third kappa shape index (κ3) is 4.72. The fourth-order valence-electron chi connectivity index (χ4n) is 3.03. The molecule has 3 aromatic carbocycles. The van der Waals surface area contributed by atoms with Crippen LogP contribution >= 0.6 is 0 Å². The number of para-hydroxylation sites is 1. The summed E-state index contributed by atoms with van der Waals surface area (Å²) < 4.78 is 27.1. The molecule has 0 unspecified atom stereocenters. The molecule has 0 aliphatic carbocycles. The fraction of sp³-hybridized carbons (Fsp3) is 0.174. The molecule has 0 aromatic heterocycles. The Balaban J connectivity index is 1.75. The van der Waals surface area contributed by atoms with E-state index in [2.05, 4.69) is 0 Å². The van der Waals surface area contributed by atoms with E-state index >= 15 is 0 Å². The molecule has 0 saturated heterocycles. The Bertz CT molecular complexity index is 1050. The molecule has 0 heterocycles. The van der Waals surface area contributed by atoms with Gasteiger partial charge in [0.1, 0.15) is 0 Å². The highest BCUT2D eigenvalue weighted by Gasteiger charge is 2.23. The van der Waals surface area contributed by atoms with Gasteiger partial charge in [-0.15, -0.1) is 0 Å². The van der Waals surface area contributed by atoms with Crippen molar-refractivity contribution < 1.29 is 13.2 Å². The minimum Gasteiger partial charge on any atom is -0.311 e. The highest BCUT2D eigenvalue weighted by atomic mass is 32.2. The Labute approximate surface area is 172 Å². The first kappa shape index (κ1) is 20.8. The zero-order chi connectivity index (χ0) is 20.9. The van der Waals surface area contributed by atoms with Crippen LogP contribution in [-0.4, -0.2) is 32.2 Å². The molecule has 0 aliphatic heterocycles. The Morgan fingerprint density at radius 2 is 1.38 bits per heavy atom. The van der Waals surface area contributed by atoms with Crippen LogP contribution in [0, 0.1) is 0 Å². The summed E-state index contributed by atoms with van der Waals surface area (Å²) in [6.45, 7) is 2.42. The molecule has 0 saturated carbocycles. The van der Waals surface area contributed by atoms with Gasteiger partial charge in [-0.2, -0.15) is 4.31 Å². The zero-order valence-corrected chi connectivity index (χ0v) is 17.3. The molecule has 0 atom stereocenters. The van der Waals surface area contributed by atoms with Crippen LogP contribution in [0.25, 0.3) is 0 Å². The van der Waals surface area contributed by atoms with Gasteiger partial charge in [0.15, 0.2) is 0 Å². The van der Waals surface area contributed by atoms with Crippen molar-refractivity contribution in [2.45, 2.75) is 18.4 Å². The van der Waals surface area contributed by atoms with Crippen molar-refractivity contribution in [2.75, 3.05) is 18.5 Å². The molecular formula is C23H24N2O3S. The van der Waals surface area contributed by atoms with Crippen LogP contribution in [-0.2, 0) is 16.6 Å². The first-order chi connectivity index (χ1) is 13.9. The Morgan fingerprint density at radius 3 is 1.93 bits per heavy atom. The van der Waals surface area contributed by atoms with Gasteiger partial charge >= 0.3 is 0 Å². The number of benzene rings is 3. The van der Waals surface area contributed by atoms with Crippen LogP contribution in [0.2, 0.25) is 0 Å². The molecule has 0 bridgehead atoms. The highest BCUT2D eigenvalue weighted by Crippen LogP contribution is 2.19. The minimum atomic E-state index is -3.57. The summed E-state index contributed by atoms with van der Waals surface area (Å²) in [5, 5.41) is 0. The second-order valence-corrected chi connectivity index (χ2v) is 8.58. The first-order valence-corrected chi connectivity index (χ1v) is 10.8. The van der Waals surface area contributed by atoms with E-state index in [1.165, 1.54) is 4.31 Å². The van der Waals surface area contributed by atoms with Gasteiger partial charge in [0.05, 0.1) is 4.90 Å². The number of anilines is 1. The summed E-state index contributed by atoms with van der Waals surface area (Å²) in [6.07, 6.45) is 0. The number of carbonyl (C=O) groups excluding carboxylic acids is 1. The number of nitrogens with zero attached hydrogens (tertiary/aromatic N) is 2. The maximum atomic E-state index is 12.9. The van der Waals surface area contributed by atoms with E-state index in [4.69, 9.17) is 0 Å². The number of amides is 1. The van der Waals surface area contributed by atoms with E-state index in [-0.39, 0.29) is 17.3 Å². The van der Waals surface area contributed by atoms with Crippen molar-refractivity contribution in [3.05, 3.63) is 96.1 Å². The normalized spacial score (nSPS) is 11.4. The number of carbonyl (C=O) groups is 1. The molecule has 0 radical (unpaired) electrons. The van der Waals surface area contributed by atoms with Gasteiger partial charge in [0.25, 0.3) is 5.91 Å². The van der Waals surface area contributed by atoms with Gasteiger partial charge in [-0.05, 0) is 42.0 Å². The zero-order valence-electron chi connectivity index (χ0n) is 16.5. The molecule has 0 fully saturated rings. The molecule has 3 aromatic rings. The Hall–Kier alpha value is -2.96. The minimum absolute atomic E-state index is 0.119. The molecule has 0 spiro atoms. The SMILES string of the molecule is CCN(Cc1ccc(C(=O)N(C)c2ccccc2)cc1)S(=O)(=O)c1ccccc1.